The second kappa shape index (κ2) is 8.59. The van der Waals surface area contributed by atoms with E-state index in [2.05, 4.69) is 10.3 Å². The van der Waals surface area contributed by atoms with E-state index in [0.29, 0.717) is 6.42 Å². The number of hydrogen-bond acceptors (Lipinski definition) is 4. The van der Waals surface area contributed by atoms with Crippen LogP contribution in [-0.4, -0.2) is 28.5 Å². The van der Waals surface area contributed by atoms with Crippen molar-refractivity contribution in [1.29, 1.82) is 0 Å². The number of nitrogens with zero attached hydrogens (tertiary/aromatic N) is 1. The molecule has 1 unspecified atom stereocenters. The van der Waals surface area contributed by atoms with Crippen molar-refractivity contribution >= 4 is 23.2 Å². The average molecular weight is 346 g/mol. The quantitative estimate of drug-likeness (QED) is 0.770. The van der Waals surface area contributed by atoms with E-state index in [1.807, 2.05) is 43.5 Å². The number of rotatable bonds is 8. The van der Waals surface area contributed by atoms with Gasteiger partial charge < -0.3 is 10.4 Å². The maximum absolute atomic E-state index is 12.0. The predicted molar refractivity (Wildman–Crippen MR) is 94.2 cm³/mol. The highest BCUT2D eigenvalue weighted by atomic mass is 32.1. The van der Waals surface area contributed by atoms with Gasteiger partial charge in [0.25, 0.3) is 0 Å². The summed E-state index contributed by atoms with van der Waals surface area (Å²) in [7, 11) is 0. The monoisotopic (exact) mass is 346 g/mol. The fourth-order valence-corrected chi connectivity index (χ4v) is 3.17. The minimum atomic E-state index is -0.904. The Bertz CT molecular complexity index is 712. The van der Waals surface area contributed by atoms with Crippen molar-refractivity contribution in [2.45, 2.75) is 33.1 Å². The Balaban J connectivity index is 1.88. The lowest BCUT2D eigenvalue weighted by Gasteiger charge is -2.13. The molecule has 0 radical (unpaired) electrons. The second-order valence-electron chi connectivity index (χ2n) is 5.80. The Labute approximate surface area is 145 Å². The zero-order valence-corrected chi connectivity index (χ0v) is 14.7. The summed E-state index contributed by atoms with van der Waals surface area (Å²) in [6, 6.07) is 7.76. The summed E-state index contributed by atoms with van der Waals surface area (Å²) < 4.78 is 0. The fraction of sp³-hybridized carbons (Fsp3) is 0.389. The molecule has 2 rings (SSSR count). The molecule has 0 aliphatic carbocycles. The first-order chi connectivity index (χ1) is 11.5. The Hall–Kier alpha value is -2.21. The van der Waals surface area contributed by atoms with Crippen LogP contribution >= 0.6 is 11.3 Å². The lowest BCUT2D eigenvalue weighted by molar-refractivity contribution is -0.141. The maximum Gasteiger partial charge on any atom is 0.308 e. The topological polar surface area (TPSA) is 79.3 Å². The summed E-state index contributed by atoms with van der Waals surface area (Å²) in [5.41, 5.74) is 2.79. The minimum absolute atomic E-state index is 0.118. The number of aromatic nitrogens is 1. The summed E-state index contributed by atoms with van der Waals surface area (Å²) in [6.07, 6.45) is 1.44. The summed E-state index contributed by atoms with van der Waals surface area (Å²) in [5.74, 6) is -1.74. The van der Waals surface area contributed by atoms with Crippen LogP contribution in [0.4, 0.5) is 0 Å². The van der Waals surface area contributed by atoms with Gasteiger partial charge in [-0.3, -0.25) is 9.59 Å². The van der Waals surface area contributed by atoms with Crippen molar-refractivity contribution in [3.63, 3.8) is 0 Å². The van der Waals surface area contributed by atoms with E-state index in [0.717, 1.165) is 28.2 Å². The SMILES string of the molecule is CCc1nc(CC(=O)NCC(Cc2cccc(C)c2)C(=O)O)cs1. The van der Waals surface area contributed by atoms with E-state index < -0.39 is 11.9 Å². The van der Waals surface area contributed by atoms with Gasteiger partial charge in [-0.15, -0.1) is 11.3 Å². The first kappa shape index (κ1) is 18.1. The molecule has 0 saturated heterocycles. The zero-order chi connectivity index (χ0) is 17.5. The Morgan fingerprint density at radius 1 is 1.38 bits per heavy atom. The van der Waals surface area contributed by atoms with Crippen LogP contribution in [0.3, 0.4) is 0 Å². The molecule has 0 aliphatic heterocycles. The molecule has 2 aromatic rings. The number of aryl methyl sites for hydroxylation is 2. The largest absolute Gasteiger partial charge is 0.481 e. The molecule has 24 heavy (non-hydrogen) atoms. The van der Waals surface area contributed by atoms with Crippen LogP contribution in [0.1, 0.15) is 28.8 Å². The third-order valence-electron chi connectivity index (χ3n) is 3.70. The number of aliphatic carboxylic acids is 1. The molecule has 0 saturated carbocycles. The van der Waals surface area contributed by atoms with Crippen molar-refractivity contribution < 1.29 is 14.7 Å². The number of amides is 1. The summed E-state index contributed by atoms with van der Waals surface area (Å²) in [5, 5.41) is 15.0. The Morgan fingerprint density at radius 3 is 2.79 bits per heavy atom. The number of carbonyl (C=O) groups is 2. The molecule has 0 spiro atoms. The third-order valence-corrected chi connectivity index (χ3v) is 4.74. The highest BCUT2D eigenvalue weighted by Crippen LogP contribution is 2.12. The molecule has 5 nitrogen and oxygen atoms in total. The molecule has 1 amide bonds. The highest BCUT2D eigenvalue weighted by molar-refractivity contribution is 7.09. The van der Waals surface area contributed by atoms with E-state index in [9.17, 15) is 14.7 Å². The van der Waals surface area contributed by atoms with E-state index in [1.54, 1.807) is 0 Å². The Kier molecular flexibility index (Phi) is 6.49. The highest BCUT2D eigenvalue weighted by Gasteiger charge is 2.19. The van der Waals surface area contributed by atoms with Crippen molar-refractivity contribution in [2.24, 2.45) is 5.92 Å². The summed E-state index contributed by atoms with van der Waals surface area (Å²) in [6.45, 7) is 4.11. The smallest absolute Gasteiger partial charge is 0.308 e. The van der Waals surface area contributed by atoms with Crippen molar-refractivity contribution in [1.82, 2.24) is 10.3 Å². The maximum atomic E-state index is 12.0. The standard InChI is InChI=1S/C18H22N2O3S/c1-3-17-20-15(11-24-17)9-16(21)19-10-14(18(22)23)8-13-6-4-5-12(2)7-13/h4-7,11,14H,3,8-10H2,1-2H3,(H,19,21)(H,22,23). The minimum Gasteiger partial charge on any atom is -0.481 e. The van der Waals surface area contributed by atoms with Crippen LogP contribution in [0.15, 0.2) is 29.6 Å². The van der Waals surface area contributed by atoms with Crippen molar-refractivity contribution in [3.05, 3.63) is 51.5 Å². The van der Waals surface area contributed by atoms with Crippen LogP contribution in [0.5, 0.6) is 0 Å². The van der Waals surface area contributed by atoms with Gasteiger partial charge in [-0.05, 0) is 25.3 Å². The normalized spacial score (nSPS) is 11.9. The number of thiazole rings is 1. The second-order valence-corrected chi connectivity index (χ2v) is 6.74. The molecule has 0 fully saturated rings. The van der Waals surface area contributed by atoms with E-state index in [4.69, 9.17) is 0 Å². The number of carbonyl (C=O) groups excluding carboxylic acids is 1. The molecular formula is C18H22N2O3S. The van der Waals surface area contributed by atoms with Crippen molar-refractivity contribution in [2.75, 3.05) is 6.54 Å². The van der Waals surface area contributed by atoms with Gasteiger partial charge in [-0.2, -0.15) is 0 Å². The molecule has 0 bridgehead atoms. The fourth-order valence-electron chi connectivity index (χ4n) is 2.43. The Morgan fingerprint density at radius 2 is 2.17 bits per heavy atom. The molecule has 6 heteroatoms. The van der Waals surface area contributed by atoms with Crippen LogP contribution in [0.25, 0.3) is 0 Å². The number of benzene rings is 1. The first-order valence-electron chi connectivity index (χ1n) is 7.96. The zero-order valence-electron chi connectivity index (χ0n) is 13.9. The van der Waals surface area contributed by atoms with Crippen LogP contribution < -0.4 is 5.32 Å². The number of carboxylic acids is 1. The average Bonchev–Trinajstić information content (AvgIpc) is 2.98. The van der Waals surface area contributed by atoms with Gasteiger partial charge in [0.05, 0.1) is 23.0 Å². The molecule has 1 atom stereocenters. The lowest BCUT2D eigenvalue weighted by atomic mass is 9.98. The molecule has 1 heterocycles. The first-order valence-corrected chi connectivity index (χ1v) is 8.84. The predicted octanol–water partition coefficient (Wildman–Crippen LogP) is 2.62. The third kappa shape index (κ3) is 5.45. The molecule has 1 aromatic heterocycles. The molecular weight excluding hydrogens is 324 g/mol. The van der Waals surface area contributed by atoms with E-state index >= 15 is 0 Å². The van der Waals surface area contributed by atoms with E-state index in [-0.39, 0.29) is 18.9 Å². The van der Waals surface area contributed by atoms with Gasteiger partial charge in [0.1, 0.15) is 0 Å². The van der Waals surface area contributed by atoms with Gasteiger partial charge >= 0.3 is 5.97 Å². The molecule has 2 N–H and O–H groups in total. The van der Waals surface area contributed by atoms with Gasteiger partial charge in [-0.1, -0.05) is 36.8 Å². The number of hydrogen-bond donors (Lipinski definition) is 2. The summed E-state index contributed by atoms with van der Waals surface area (Å²) in [4.78, 5) is 27.8. The molecule has 1 aromatic carbocycles. The van der Waals surface area contributed by atoms with Crippen LogP contribution in [0.2, 0.25) is 0 Å². The number of nitrogens with one attached hydrogen (secondary N) is 1. The summed E-state index contributed by atoms with van der Waals surface area (Å²) >= 11 is 1.54. The van der Waals surface area contributed by atoms with Crippen molar-refractivity contribution in [3.8, 4) is 0 Å². The number of carboxylic acid groups (broad SMARTS) is 1. The lowest BCUT2D eigenvalue weighted by Crippen LogP contribution is -2.35. The van der Waals surface area contributed by atoms with Gasteiger partial charge in [-0.25, -0.2) is 4.98 Å². The molecule has 0 aliphatic rings. The van der Waals surface area contributed by atoms with Crippen LogP contribution in [-0.2, 0) is 28.9 Å². The molecule has 128 valence electrons. The van der Waals surface area contributed by atoms with Gasteiger partial charge in [0.15, 0.2) is 0 Å². The van der Waals surface area contributed by atoms with Gasteiger partial charge in [0.2, 0.25) is 5.91 Å². The van der Waals surface area contributed by atoms with Crippen LogP contribution in [0, 0.1) is 12.8 Å². The van der Waals surface area contributed by atoms with Gasteiger partial charge in [0, 0.05) is 11.9 Å². The van der Waals surface area contributed by atoms with E-state index in [1.165, 1.54) is 11.3 Å².